The van der Waals surface area contributed by atoms with Crippen LogP contribution in [-0.4, -0.2) is 71.0 Å². The molecule has 13 heteroatoms. The molecule has 0 unspecified atom stereocenters. The molecule has 1 N–H and O–H groups in total. The Morgan fingerprint density at radius 3 is 2.40 bits per heavy atom. The topological polar surface area (TPSA) is 107 Å². The molecule has 192 valence electrons. The molecule has 3 rings (SSSR count). The third-order valence-electron chi connectivity index (χ3n) is 5.37. The minimum absolute atomic E-state index is 0.00285. The zero-order chi connectivity index (χ0) is 26.3. The summed E-state index contributed by atoms with van der Waals surface area (Å²) >= 11 is 15.0. The molecule has 2 aromatic rings. The van der Waals surface area contributed by atoms with E-state index in [1.165, 1.54) is 0 Å². The lowest BCUT2D eigenvalue weighted by Gasteiger charge is -2.28. The molecule has 0 aromatic carbocycles. The molecule has 0 spiro atoms. The molecule has 35 heavy (non-hydrogen) atoms. The Morgan fingerprint density at radius 2 is 1.80 bits per heavy atom. The van der Waals surface area contributed by atoms with Gasteiger partial charge in [0.05, 0.1) is 10.7 Å². The SMILES string of the molecule is CC(C)N1CCC(=O)N(C)c2cnc(Cl)nc21.CNC(=O)CCN(c1nc(Cl)ncc1Br)C(C)C. The summed E-state index contributed by atoms with van der Waals surface area (Å²) in [6.45, 7) is 9.42. The van der Waals surface area contributed by atoms with E-state index in [0.29, 0.717) is 37.4 Å². The fraction of sp³-hybridized carbons (Fsp3) is 0.545. The average molecular weight is 590 g/mol. The van der Waals surface area contributed by atoms with Gasteiger partial charge in [0, 0.05) is 58.3 Å². The standard InChI is InChI=1S/C11H16BrClN4O.C11H15ClN4O/c1-7(2)17(5-4-9(18)14-3)10-8(12)6-15-11(13)16-10;1-7(2)16-5-4-9(17)15(3)8-6-13-11(12)14-10(8)16/h6-7H,4-5H2,1-3H3,(H,14,18);6-7H,4-5H2,1-3H3. The monoisotopic (exact) mass is 588 g/mol. The minimum atomic E-state index is -0.00285. The maximum Gasteiger partial charge on any atom is 0.228 e. The van der Waals surface area contributed by atoms with Crippen molar-refractivity contribution in [3.05, 3.63) is 27.4 Å². The van der Waals surface area contributed by atoms with E-state index in [1.807, 2.05) is 18.7 Å². The van der Waals surface area contributed by atoms with E-state index in [0.717, 1.165) is 10.3 Å². The summed E-state index contributed by atoms with van der Waals surface area (Å²) in [5, 5.41) is 3.00. The number of fused-ring (bicyclic) bond motifs is 1. The number of hydrogen-bond donors (Lipinski definition) is 1. The predicted molar refractivity (Wildman–Crippen MR) is 143 cm³/mol. The van der Waals surface area contributed by atoms with Gasteiger partial charge in [-0.1, -0.05) is 0 Å². The second kappa shape index (κ2) is 13.2. The molecular weight excluding hydrogens is 559 g/mol. The predicted octanol–water partition coefficient (Wildman–Crippen LogP) is 3.95. The van der Waals surface area contributed by atoms with Gasteiger partial charge in [-0.2, -0.15) is 9.97 Å². The lowest BCUT2D eigenvalue weighted by Crippen LogP contribution is -2.35. The fourth-order valence-corrected chi connectivity index (χ4v) is 4.09. The average Bonchev–Trinajstić information content (AvgIpc) is 2.92. The fourth-order valence-electron chi connectivity index (χ4n) is 3.41. The van der Waals surface area contributed by atoms with E-state index in [2.05, 4.69) is 59.9 Å². The van der Waals surface area contributed by atoms with E-state index < -0.39 is 0 Å². The molecule has 0 aliphatic carbocycles. The van der Waals surface area contributed by atoms with Crippen LogP contribution in [0.2, 0.25) is 10.6 Å². The molecule has 2 aromatic heterocycles. The highest BCUT2D eigenvalue weighted by molar-refractivity contribution is 9.10. The molecule has 0 saturated heterocycles. The molecule has 0 fully saturated rings. The maximum absolute atomic E-state index is 11.8. The first-order valence-corrected chi connectivity index (χ1v) is 12.7. The van der Waals surface area contributed by atoms with Crippen molar-refractivity contribution < 1.29 is 9.59 Å². The molecule has 0 saturated carbocycles. The van der Waals surface area contributed by atoms with Gasteiger partial charge in [-0.15, -0.1) is 0 Å². The number of nitrogens with zero attached hydrogens (tertiary/aromatic N) is 7. The molecule has 10 nitrogen and oxygen atoms in total. The van der Waals surface area contributed by atoms with E-state index in [1.54, 1.807) is 31.4 Å². The number of aromatic nitrogens is 4. The van der Waals surface area contributed by atoms with Crippen LogP contribution in [0, 0.1) is 0 Å². The van der Waals surface area contributed by atoms with Gasteiger partial charge in [0.25, 0.3) is 0 Å². The van der Waals surface area contributed by atoms with Crippen molar-refractivity contribution in [1.82, 2.24) is 25.3 Å². The number of nitrogens with one attached hydrogen (secondary N) is 1. The van der Waals surface area contributed by atoms with Crippen LogP contribution in [0.5, 0.6) is 0 Å². The third kappa shape index (κ3) is 7.88. The highest BCUT2D eigenvalue weighted by atomic mass is 79.9. The van der Waals surface area contributed by atoms with E-state index >= 15 is 0 Å². The number of halogens is 3. The molecule has 3 heterocycles. The molecular formula is C22H31BrCl2N8O2. The maximum atomic E-state index is 11.8. The van der Waals surface area contributed by atoms with Crippen LogP contribution in [-0.2, 0) is 9.59 Å². The Labute approximate surface area is 224 Å². The molecule has 1 aliphatic rings. The van der Waals surface area contributed by atoms with Crippen LogP contribution in [0.1, 0.15) is 40.5 Å². The van der Waals surface area contributed by atoms with Crippen molar-refractivity contribution in [1.29, 1.82) is 0 Å². The summed E-state index contributed by atoms with van der Waals surface area (Å²) in [4.78, 5) is 45.1. The Balaban J connectivity index is 0.000000247. The summed E-state index contributed by atoms with van der Waals surface area (Å²) in [6.07, 6.45) is 4.09. The molecule has 1 aliphatic heterocycles. The number of carbonyl (C=O) groups is 2. The van der Waals surface area contributed by atoms with Gasteiger partial charge >= 0.3 is 0 Å². The largest absolute Gasteiger partial charge is 0.359 e. The normalized spacial score (nSPS) is 13.3. The van der Waals surface area contributed by atoms with Crippen LogP contribution < -0.4 is 20.0 Å². The van der Waals surface area contributed by atoms with Gasteiger partial charge in [-0.25, -0.2) is 9.97 Å². The highest BCUT2D eigenvalue weighted by Crippen LogP contribution is 2.31. The summed E-state index contributed by atoms with van der Waals surface area (Å²) < 4.78 is 0.762. The van der Waals surface area contributed by atoms with Gasteiger partial charge in [0.15, 0.2) is 5.82 Å². The van der Waals surface area contributed by atoms with Gasteiger partial charge in [0.2, 0.25) is 22.4 Å². The second-order valence-corrected chi connectivity index (χ2v) is 9.89. The summed E-state index contributed by atoms with van der Waals surface area (Å²) in [5.74, 6) is 1.50. The van der Waals surface area contributed by atoms with Crippen LogP contribution in [0.25, 0.3) is 0 Å². The number of hydrogen-bond acceptors (Lipinski definition) is 8. The highest BCUT2D eigenvalue weighted by Gasteiger charge is 2.27. The lowest BCUT2D eigenvalue weighted by atomic mass is 10.2. The smallest absolute Gasteiger partial charge is 0.228 e. The van der Waals surface area contributed by atoms with E-state index in [4.69, 9.17) is 23.2 Å². The first-order chi connectivity index (χ1) is 16.5. The second-order valence-electron chi connectivity index (χ2n) is 8.36. The Hall–Kier alpha value is -2.24. The van der Waals surface area contributed by atoms with Crippen molar-refractivity contribution in [2.24, 2.45) is 0 Å². The Kier molecular flexibility index (Phi) is 10.9. The van der Waals surface area contributed by atoms with Gasteiger partial charge in [-0.05, 0) is 66.8 Å². The first kappa shape index (κ1) is 29.0. The van der Waals surface area contributed by atoms with Gasteiger partial charge < -0.3 is 20.0 Å². The summed E-state index contributed by atoms with van der Waals surface area (Å²) in [7, 11) is 3.36. The molecule has 0 atom stereocenters. The summed E-state index contributed by atoms with van der Waals surface area (Å²) in [5.41, 5.74) is 0.714. The first-order valence-electron chi connectivity index (χ1n) is 11.2. The van der Waals surface area contributed by atoms with Crippen LogP contribution >= 0.6 is 39.1 Å². The van der Waals surface area contributed by atoms with Gasteiger partial charge in [0.1, 0.15) is 11.5 Å². The van der Waals surface area contributed by atoms with Crippen molar-refractivity contribution in [3.8, 4) is 0 Å². The van der Waals surface area contributed by atoms with Crippen molar-refractivity contribution >= 4 is 68.3 Å². The quantitative estimate of drug-likeness (QED) is 0.505. The van der Waals surface area contributed by atoms with Gasteiger partial charge in [-0.3, -0.25) is 9.59 Å². The molecule has 0 radical (unpaired) electrons. The lowest BCUT2D eigenvalue weighted by molar-refractivity contribution is -0.120. The van der Waals surface area contributed by atoms with Crippen molar-refractivity contribution in [2.45, 2.75) is 52.6 Å². The van der Waals surface area contributed by atoms with Crippen molar-refractivity contribution in [2.75, 3.05) is 41.9 Å². The van der Waals surface area contributed by atoms with E-state index in [-0.39, 0.29) is 34.5 Å². The van der Waals surface area contributed by atoms with Crippen LogP contribution in [0.4, 0.5) is 17.3 Å². The van der Waals surface area contributed by atoms with E-state index in [9.17, 15) is 9.59 Å². The van der Waals surface area contributed by atoms with Crippen molar-refractivity contribution in [3.63, 3.8) is 0 Å². The van der Waals surface area contributed by atoms with Crippen LogP contribution in [0.3, 0.4) is 0 Å². The Morgan fingerprint density at radius 1 is 1.17 bits per heavy atom. The molecule has 0 bridgehead atoms. The number of rotatable bonds is 6. The third-order valence-corrected chi connectivity index (χ3v) is 6.29. The minimum Gasteiger partial charge on any atom is -0.359 e. The molecule has 2 amide bonds. The summed E-state index contributed by atoms with van der Waals surface area (Å²) in [6, 6.07) is 0.468. The number of anilines is 3. The Bertz CT molecular complexity index is 1040. The zero-order valence-corrected chi connectivity index (χ0v) is 23.8. The number of carbonyl (C=O) groups excluding carboxylic acids is 2. The zero-order valence-electron chi connectivity index (χ0n) is 20.7. The number of amides is 2. The van der Waals surface area contributed by atoms with Crippen LogP contribution in [0.15, 0.2) is 16.9 Å².